The Morgan fingerprint density at radius 1 is 1.40 bits per heavy atom. The molecule has 0 radical (unpaired) electrons. The SMILES string of the molecule is Cc1nsc(N(C)S(=O)(=O)CCC(C)(C)C)c1C(=O)O. The first-order chi connectivity index (χ1) is 8.96. The van der Waals surface area contributed by atoms with Crippen LogP contribution < -0.4 is 4.31 Å². The van der Waals surface area contributed by atoms with Gasteiger partial charge in [-0.3, -0.25) is 4.31 Å². The molecule has 0 bridgehead atoms. The smallest absolute Gasteiger partial charge is 0.340 e. The van der Waals surface area contributed by atoms with E-state index in [0.29, 0.717) is 12.1 Å². The Balaban J connectivity index is 3.06. The van der Waals surface area contributed by atoms with Gasteiger partial charge >= 0.3 is 5.97 Å². The van der Waals surface area contributed by atoms with E-state index in [1.165, 1.54) is 7.05 Å². The number of hydrogen-bond donors (Lipinski definition) is 1. The monoisotopic (exact) mass is 320 g/mol. The highest BCUT2D eigenvalue weighted by Gasteiger charge is 2.28. The number of aromatic carboxylic acids is 1. The van der Waals surface area contributed by atoms with Gasteiger partial charge in [0, 0.05) is 7.05 Å². The molecule has 20 heavy (non-hydrogen) atoms. The zero-order chi connectivity index (χ0) is 15.7. The lowest BCUT2D eigenvalue weighted by atomic mass is 9.94. The topological polar surface area (TPSA) is 87.6 Å². The summed E-state index contributed by atoms with van der Waals surface area (Å²) in [6.45, 7) is 7.44. The van der Waals surface area contributed by atoms with E-state index in [0.717, 1.165) is 15.8 Å². The van der Waals surface area contributed by atoms with Crippen molar-refractivity contribution in [2.24, 2.45) is 5.41 Å². The van der Waals surface area contributed by atoms with Crippen molar-refractivity contribution >= 4 is 32.5 Å². The van der Waals surface area contributed by atoms with Gasteiger partial charge in [0.05, 0.1) is 11.4 Å². The Morgan fingerprint density at radius 2 is 1.95 bits per heavy atom. The van der Waals surface area contributed by atoms with Crippen LogP contribution in [0.5, 0.6) is 0 Å². The van der Waals surface area contributed by atoms with Crippen molar-refractivity contribution in [1.82, 2.24) is 4.37 Å². The molecule has 0 spiro atoms. The molecular weight excluding hydrogens is 300 g/mol. The van der Waals surface area contributed by atoms with Gasteiger partial charge in [-0.1, -0.05) is 20.8 Å². The van der Waals surface area contributed by atoms with Crippen LogP contribution in [0.1, 0.15) is 43.2 Å². The van der Waals surface area contributed by atoms with Crippen LogP contribution in [-0.4, -0.2) is 36.7 Å². The molecule has 0 unspecified atom stereocenters. The highest BCUT2D eigenvalue weighted by atomic mass is 32.2. The second-order valence-electron chi connectivity index (χ2n) is 5.85. The molecular formula is C12H20N2O4S2. The molecule has 6 nitrogen and oxygen atoms in total. The van der Waals surface area contributed by atoms with Crippen molar-refractivity contribution in [3.05, 3.63) is 11.3 Å². The second-order valence-corrected chi connectivity index (χ2v) is 8.72. The van der Waals surface area contributed by atoms with Crippen molar-refractivity contribution < 1.29 is 18.3 Å². The summed E-state index contributed by atoms with van der Waals surface area (Å²) in [5.74, 6) is -1.19. The fourth-order valence-electron chi connectivity index (χ4n) is 1.52. The number of carboxylic acid groups (broad SMARTS) is 1. The van der Waals surface area contributed by atoms with Gasteiger partial charge in [-0.25, -0.2) is 13.2 Å². The summed E-state index contributed by atoms with van der Waals surface area (Å²) >= 11 is 0.889. The Bertz CT molecular complexity index is 599. The largest absolute Gasteiger partial charge is 0.478 e. The number of rotatable bonds is 5. The zero-order valence-corrected chi connectivity index (χ0v) is 13.9. The minimum absolute atomic E-state index is 0.0248. The van der Waals surface area contributed by atoms with E-state index >= 15 is 0 Å². The van der Waals surface area contributed by atoms with E-state index in [1.807, 2.05) is 20.8 Å². The van der Waals surface area contributed by atoms with E-state index in [1.54, 1.807) is 6.92 Å². The molecule has 0 saturated heterocycles. The molecule has 1 heterocycles. The Morgan fingerprint density at radius 3 is 2.40 bits per heavy atom. The lowest BCUT2D eigenvalue weighted by molar-refractivity contribution is 0.0697. The van der Waals surface area contributed by atoms with E-state index in [4.69, 9.17) is 5.11 Å². The first-order valence-corrected chi connectivity index (χ1v) is 8.50. The van der Waals surface area contributed by atoms with Crippen molar-refractivity contribution in [3.63, 3.8) is 0 Å². The maximum Gasteiger partial charge on any atom is 0.340 e. The Hall–Kier alpha value is -1.15. The number of aryl methyl sites for hydroxylation is 1. The molecule has 1 aromatic heterocycles. The molecule has 1 N–H and O–H groups in total. The Labute approximate surface area is 123 Å². The second kappa shape index (κ2) is 5.69. The van der Waals surface area contributed by atoms with Gasteiger partial charge in [-0.2, -0.15) is 4.37 Å². The van der Waals surface area contributed by atoms with Crippen LogP contribution in [0.2, 0.25) is 0 Å². The minimum Gasteiger partial charge on any atom is -0.478 e. The molecule has 8 heteroatoms. The number of sulfonamides is 1. The molecule has 0 atom stereocenters. The number of nitrogens with zero attached hydrogens (tertiary/aromatic N) is 2. The summed E-state index contributed by atoms with van der Waals surface area (Å²) in [5, 5.41) is 9.31. The number of hydrogen-bond acceptors (Lipinski definition) is 5. The summed E-state index contributed by atoms with van der Waals surface area (Å²) < 4.78 is 29.5. The van der Waals surface area contributed by atoms with Crippen LogP contribution in [0, 0.1) is 12.3 Å². The third-order valence-corrected chi connectivity index (χ3v) is 5.74. The van der Waals surface area contributed by atoms with Crippen LogP contribution >= 0.6 is 11.5 Å². The normalized spacial score (nSPS) is 12.4. The lowest BCUT2D eigenvalue weighted by Gasteiger charge is -2.22. The van der Waals surface area contributed by atoms with Crippen LogP contribution in [0.25, 0.3) is 0 Å². The predicted molar refractivity (Wildman–Crippen MR) is 80.1 cm³/mol. The highest BCUT2D eigenvalue weighted by molar-refractivity contribution is 7.92. The van der Waals surface area contributed by atoms with Crippen LogP contribution in [0.15, 0.2) is 0 Å². The molecule has 1 aromatic rings. The van der Waals surface area contributed by atoms with Crippen molar-refractivity contribution in [1.29, 1.82) is 0 Å². The summed E-state index contributed by atoms with van der Waals surface area (Å²) in [6.07, 6.45) is 0.500. The average molecular weight is 320 g/mol. The lowest BCUT2D eigenvalue weighted by Crippen LogP contribution is -2.31. The van der Waals surface area contributed by atoms with Crippen molar-refractivity contribution in [2.75, 3.05) is 17.1 Å². The van der Waals surface area contributed by atoms with E-state index in [-0.39, 0.29) is 21.7 Å². The van der Waals surface area contributed by atoms with Gasteiger partial charge in [-0.15, -0.1) is 0 Å². The fourth-order valence-corrected chi connectivity index (χ4v) is 4.20. The van der Waals surface area contributed by atoms with Gasteiger partial charge in [0.25, 0.3) is 0 Å². The quantitative estimate of drug-likeness (QED) is 0.899. The Kier molecular flexibility index (Phi) is 4.81. The third kappa shape index (κ3) is 3.92. The van der Waals surface area contributed by atoms with Gasteiger partial charge in [0.15, 0.2) is 0 Å². The van der Waals surface area contributed by atoms with E-state index < -0.39 is 16.0 Å². The summed E-state index contributed by atoms with van der Waals surface area (Å²) in [4.78, 5) is 11.2. The van der Waals surface area contributed by atoms with E-state index in [9.17, 15) is 13.2 Å². The number of carbonyl (C=O) groups is 1. The first-order valence-electron chi connectivity index (χ1n) is 6.12. The average Bonchev–Trinajstić information content (AvgIpc) is 2.66. The highest BCUT2D eigenvalue weighted by Crippen LogP contribution is 2.30. The van der Waals surface area contributed by atoms with Gasteiger partial charge in [0.1, 0.15) is 10.6 Å². The van der Waals surface area contributed by atoms with Gasteiger partial charge < -0.3 is 5.11 Å². The molecule has 0 fully saturated rings. The minimum atomic E-state index is -3.55. The van der Waals surface area contributed by atoms with Gasteiger partial charge in [-0.05, 0) is 30.3 Å². The third-order valence-electron chi connectivity index (χ3n) is 2.87. The van der Waals surface area contributed by atoms with Crippen LogP contribution in [0.3, 0.4) is 0 Å². The summed E-state index contributed by atoms with van der Waals surface area (Å²) in [7, 11) is -2.18. The summed E-state index contributed by atoms with van der Waals surface area (Å²) in [5.41, 5.74) is 0.180. The maximum atomic E-state index is 12.3. The molecule has 0 aromatic carbocycles. The molecule has 0 amide bonds. The van der Waals surface area contributed by atoms with Crippen molar-refractivity contribution in [2.45, 2.75) is 34.1 Å². The maximum absolute atomic E-state index is 12.3. The van der Waals surface area contributed by atoms with E-state index in [2.05, 4.69) is 4.37 Å². The first kappa shape index (κ1) is 16.9. The number of anilines is 1. The number of carboxylic acids is 1. The fraction of sp³-hybridized carbons (Fsp3) is 0.667. The standard InChI is InChI=1S/C12H20N2O4S2/c1-8-9(11(15)16)10(19-13-8)14(5)20(17,18)7-6-12(2,3)4/h6-7H2,1-5H3,(H,15,16). The number of aromatic nitrogens is 1. The summed E-state index contributed by atoms with van der Waals surface area (Å²) in [6, 6.07) is 0. The molecule has 0 aliphatic carbocycles. The molecule has 0 saturated carbocycles. The zero-order valence-electron chi connectivity index (χ0n) is 12.3. The predicted octanol–water partition coefficient (Wildman–Crippen LogP) is 2.35. The van der Waals surface area contributed by atoms with Crippen molar-refractivity contribution in [3.8, 4) is 0 Å². The molecule has 0 aliphatic rings. The van der Waals surface area contributed by atoms with Crippen LogP contribution in [0.4, 0.5) is 5.00 Å². The van der Waals surface area contributed by atoms with Gasteiger partial charge in [0.2, 0.25) is 10.0 Å². The molecule has 114 valence electrons. The van der Waals surface area contributed by atoms with Crippen LogP contribution in [-0.2, 0) is 10.0 Å². The molecule has 0 aliphatic heterocycles. The molecule has 1 rings (SSSR count).